The van der Waals surface area contributed by atoms with Crippen LogP contribution in [0.15, 0.2) is 42.5 Å². The SMILES string of the molecule is CN1CCN(c2ccc(Nc3nc(N)c(C(=O)c4ccc([C@@H]5CCNC5)c(N)c4)s3)cc2)CC1. The van der Waals surface area contributed by atoms with Crippen LogP contribution in [0.5, 0.6) is 0 Å². The maximum absolute atomic E-state index is 13.1. The number of hydrogen-bond acceptors (Lipinski definition) is 9. The molecule has 1 atom stereocenters. The van der Waals surface area contributed by atoms with Crippen LogP contribution in [0.2, 0.25) is 0 Å². The van der Waals surface area contributed by atoms with Crippen LogP contribution < -0.4 is 27.0 Å². The number of benzene rings is 2. The maximum Gasteiger partial charge on any atom is 0.206 e. The van der Waals surface area contributed by atoms with Crippen LogP contribution in [0.1, 0.15) is 33.1 Å². The lowest BCUT2D eigenvalue weighted by molar-refractivity contribution is 0.104. The number of thiazole rings is 1. The Balaban J connectivity index is 1.27. The summed E-state index contributed by atoms with van der Waals surface area (Å²) in [6.07, 6.45) is 1.06. The van der Waals surface area contributed by atoms with E-state index in [9.17, 15) is 4.79 Å². The average molecular weight is 478 g/mol. The summed E-state index contributed by atoms with van der Waals surface area (Å²) in [5.41, 5.74) is 16.8. The zero-order chi connectivity index (χ0) is 23.7. The van der Waals surface area contributed by atoms with E-state index in [1.807, 2.05) is 24.3 Å². The van der Waals surface area contributed by atoms with Gasteiger partial charge >= 0.3 is 0 Å². The van der Waals surface area contributed by atoms with E-state index in [2.05, 4.69) is 44.6 Å². The van der Waals surface area contributed by atoms with Crippen LogP contribution in [0.4, 0.5) is 28.0 Å². The number of rotatable bonds is 6. The van der Waals surface area contributed by atoms with Crippen molar-refractivity contribution in [3.63, 3.8) is 0 Å². The lowest BCUT2D eigenvalue weighted by atomic mass is 9.94. The Kier molecular flexibility index (Phi) is 6.40. The van der Waals surface area contributed by atoms with Gasteiger partial charge in [-0.15, -0.1) is 0 Å². The van der Waals surface area contributed by atoms with Gasteiger partial charge in [-0.1, -0.05) is 23.5 Å². The molecule has 2 saturated heterocycles. The lowest BCUT2D eigenvalue weighted by Crippen LogP contribution is -2.44. The van der Waals surface area contributed by atoms with E-state index < -0.39 is 0 Å². The average Bonchev–Trinajstić information content (AvgIpc) is 3.49. The molecule has 2 aliphatic heterocycles. The van der Waals surface area contributed by atoms with Crippen molar-refractivity contribution in [2.45, 2.75) is 12.3 Å². The largest absolute Gasteiger partial charge is 0.398 e. The molecular formula is C25H31N7OS. The summed E-state index contributed by atoms with van der Waals surface area (Å²) in [6.45, 7) is 6.12. The molecule has 2 aliphatic rings. The molecule has 0 bridgehead atoms. The van der Waals surface area contributed by atoms with Crippen LogP contribution in [0, 0.1) is 0 Å². The normalized spacial score (nSPS) is 18.9. The topological polar surface area (TPSA) is 113 Å². The molecule has 6 N–H and O–H groups in total. The maximum atomic E-state index is 13.1. The quantitative estimate of drug-likeness (QED) is 0.316. The zero-order valence-corrected chi connectivity index (χ0v) is 20.2. The van der Waals surface area contributed by atoms with Gasteiger partial charge in [0.25, 0.3) is 0 Å². The number of likely N-dealkylation sites (N-methyl/N-ethyl adjacent to an activating group) is 1. The summed E-state index contributed by atoms with van der Waals surface area (Å²) in [7, 11) is 2.15. The third kappa shape index (κ3) is 4.72. The molecule has 0 saturated carbocycles. The molecule has 0 unspecified atom stereocenters. The van der Waals surface area contributed by atoms with Gasteiger partial charge in [0, 0.05) is 55.3 Å². The highest BCUT2D eigenvalue weighted by Gasteiger charge is 2.22. The van der Waals surface area contributed by atoms with Gasteiger partial charge in [0.05, 0.1) is 0 Å². The number of carbonyl (C=O) groups is 1. The van der Waals surface area contributed by atoms with Crippen molar-refractivity contribution in [2.75, 3.05) is 68.0 Å². The Labute approximate surface area is 204 Å². The first-order chi connectivity index (χ1) is 16.5. The standard InChI is InChI=1S/C25H31N7OS/c1-31-10-12-32(13-11-31)19-5-3-18(4-6-19)29-25-30-24(27)23(34-25)22(33)16-2-7-20(21(26)14-16)17-8-9-28-15-17/h2-7,14,17,28H,8-13,15,26-27H2,1H3,(H,29,30)/t17-/m1/s1. The number of anilines is 5. The van der Waals surface area contributed by atoms with E-state index >= 15 is 0 Å². The second kappa shape index (κ2) is 9.61. The summed E-state index contributed by atoms with van der Waals surface area (Å²) in [6, 6.07) is 13.9. The van der Waals surface area contributed by atoms with Gasteiger partial charge in [-0.25, -0.2) is 4.98 Å². The molecule has 2 aromatic carbocycles. The molecule has 3 heterocycles. The van der Waals surface area contributed by atoms with E-state index in [0.717, 1.165) is 56.9 Å². The first-order valence-electron chi connectivity index (χ1n) is 11.7. The Morgan fingerprint density at radius 1 is 1.12 bits per heavy atom. The smallest absolute Gasteiger partial charge is 0.206 e. The van der Waals surface area contributed by atoms with E-state index in [0.29, 0.717) is 27.2 Å². The molecule has 8 nitrogen and oxygen atoms in total. The minimum Gasteiger partial charge on any atom is -0.398 e. The summed E-state index contributed by atoms with van der Waals surface area (Å²) in [5, 5.41) is 7.23. The fourth-order valence-corrected chi connectivity index (χ4v) is 5.50. The van der Waals surface area contributed by atoms with Crippen molar-refractivity contribution in [1.29, 1.82) is 0 Å². The Bertz CT molecular complexity index is 1160. The number of nitrogens with one attached hydrogen (secondary N) is 2. The summed E-state index contributed by atoms with van der Waals surface area (Å²) < 4.78 is 0. The van der Waals surface area contributed by atoms with Gasteiger partial charge in [-0.3, -0.25) is 4.79 Å². The highest BCUT2D eigenvalue weighted by molar-refractivity contribution is 7.18. The predicted octanol–water partition coefficient (Wildman–Crippen LogP) is 3.11. The Morgan fingerprint density at radius 2 is 1.88 bits per heavy atom. The van der Waals surface area contributed by atoms with Crippen LogP contribution in [-0.4, -0.2) is 62.0 Å². The highest BCUT2D eigenvalue weighted by atomic mass is 32.1. The van der Waals surface area contributed by atoms with Crippen molar-refractivity contribution in [1.82, 2.24) is 15.2 Å². The molecule has 3 aromatic rings. The van der Waals surface area contributed by atoms with Gasteiger partial charge in [-0.05, 0) is 61.8 Å². The second-order valence-electron chi connectivity index (χ2n) is 9.06. The summed E-state index contributed by atoms with van der Waals surface area (Å²) in [4.78, 5) is 22.7. The highest BCUT2D eigenvalue weighted by Crippen LogP contribution is 2.33. The molecule has 0 spiro atoms. The number of ketones is 1. The molecule has 1 aromatic heterocycles. The predicted molar refractivity (Wildman–Crippen MR) is 140 cm³/mol. The number of nitrogens with zero attached hydrogens (tertiary/aromatic N) is 3. The second-order valence-corrected chi connectivity index (χ2v) is 10.1. The van der Waals surface area contributed by atoms with E-state index in [1.165, 1.54) is 17.0 Å². The minimum atomic E-state index is -0.156. The number of hydrogen-bond donors (Lipinski definition) is 4. The molecule has 0 amide bonds. The van der Waals surface area contributed by atoms with Crippen molar-refractivity contribution in [2.24, 2.45) is 0 Å². The van der Waals surface area contributed by atoms with Gasteiger partial charge in [0.1, 0.15) is 10.7 Å². The van der Waals surface area contributed by atoms with Gasteiger partial charge in [0.2, 0.25) is 5.78 Å². The first kappa shape index (κ1) is 22.6. The molecule has 0 radical (unpaired) electrons. The third-order valence-electron chi connectivity index (χ3n) is 6.70. The lowest BCUT2D eigenvalue weighted by Gasteiger charge is -2.34. The van der Waals surface area contributed by atoms with Crippen LogP contribution in [0.3, 0.4) is 0 Å². The molecule has 0 aliphatic carbocycles. The Morgan fingerprint density at radius 3 is 2.56 bits per heavy atom. The minimum absolute atomic E-state index is 0.156. The van der Waals surface area contributed by atoms with Crippen LogP contribution >= 0.6 is 11.3 Å². The van der Waals surface area contributed by atoms with E-state index in [1.54, 1.807) is 6.07 Å². The number of aromatic nitrogens is 1. The summed E-state index contributed by atoms with van der Waals surface area (Å²) >= 11 is 1.26. The van der Waals surface area contributed by atoms with Gasteiger partial charge in [-0.2, -0.15) is 0 Å². The van der Waals surface area contributed by atoms with E-state index in [4.69, 9.17) is 11.5 Å². The zero-order valence-electron chi connectivity index (χ0n) is 19.4. The molecular weight excluding hydrogens is 446 g/mol. The number of nitrogen functional groups attached to an aromatic ring is 2. The monoisotopic (exact) mass is 477 g/mol. The fraction of sp³-hybridized carbons (Fsp3) is 0.360. The summed E-state index contributed by atoms with van der Waals surface area (Å²) in [5.74, 6) is 0.474. The van der Waals surface area contributed by atoms with E-state index in [-0.39, 0.29) is 11.6 Å². The number of nitrogens with two attached hydrogens (primary N) is 2. The van der Waals surface area contributed by atoms with Crippen LogP contribution in [-0.2, 0) is 0 Å². The van der Waals surface area contributed by atoms with Crippen molar-refractivity contribution < 1.29 is 4.79 Å². The fourth-order valence-electron chi connectivity index (χ4n) is 4.63. The van der Waals surface area contributed by atoms with Gasteiger partial charge in [0.15, 0.2) is 5.13 Å². The third-order valence-corrected chi connectivity index (χ3v) is 7.68. The number of piperazine rings is 1. The number of carbonyl (C=O) groups excluding carboxylic acids is 1. The Hall–Kier alpha value is -3.14. The molecule has 178 valence electrons. The van der Waals surface area contributed by atoms with Crippen LogP contribution in [0.25, 0.3) is 0 Å². The first-order valence-corrected chi connectivity index (χ1v) is 12.5. The molecule has 34 heavy (non-hydrogen) atoms. The molecule has 9 heteroatoms. The van der Waals surface area contributed by atoms with Crippen molar-refractivity contribution >= 4 is 45.1 Å². The van der Waals surface area contributed by atoms with Crippen molar-refractivity contribution in [3.05, 3.63) is 58.5 Å². The molecule has 5 rings (SSSR count). The van der Waals surface area contributed by atoms with Crippen molar-refractivity contribution in [3.8, 4) is 0 Å². The molecule has 2 fully saturated rings. The van der Waals surface area contributed by atoms with Gasteiger partial charge < -0.3 is 31.9 Å².